The third-order valence-corrected chi connectivity index (χ3v) is 3.84. The zero-order valence-electron chi connectivity index (χ0n) is 10.5. The summed E-state index contributed by atoms with van der Waals surface area (Å²) in [6.07, 6.45) is 0. The van der Waals surface area contributed by atoms with Crippen LogP contribution in [0.15, 0.2) is 28.3 Å². The first kappa shape index (κ1) is 13.0. The monoisotopic (exact) mass is 266 g/mol. The summed E-state index contributed by atoms with van der Waals surface area (Å²) < 4.78 is 15.6. The van der Waals surface area contributed by atoms with Crippen LogP contribution in [0.25, 0.3) is 0 Å². The molecule has 96 valence electrons. The molecular weight excluding hydrogens is 251 g/mol. The molecule has 2 rings (SSSR count). The van der Waals surface area contributed by atoms with Crippen LogP contribution in [-0.2, 0) is 7.05 Å². The highest BCUT2D eigenvalue weighted by Crippen LogP contribution is 2.33. The van der Waals surface area contributed by atoms with Crippen LogP contribution < -0.4 is 5.73 Å². The summed E-state index contributed by atoms with van der Waals surface area (Å²) in [7, 11) is 1.88. The van der Waals surface area contributed by atoms with Crippen molar-refractivity contribution in [3.05, 3.63) is 35.4 Å². The summed E-state index contributed by atoms with van der Waals surface area (Å²) in [4.78, 5) is 0.778. The number of halogens is 1. The fraction of sp³-hybridized carbons (Fsp3) is 0.333. The van der Waals surface area contributed by atoms with Gasteiger partial charge in [-0.3, -0.25) is 0 Å². The second-order valence-corrected chi connectivity index (χ2v) is 5.14. The summed E-state index contributed by atoms with van der Waals surface area (Å²) >= 11 is 1.37. The quantitative estimate of drug-likeness (QED) is 0.927. The highest BCUT2D eigenvalue weighted by atomic mass is 32.2. The Morgan fingerprint density at radius 3 is 2.67 bits per heavy atom. The molecule has 2 aromatic rings. The van der Waals surface area contributed by atoms with Gasteiger partial charge < -0.3 is 10.3 Å². The Labute approximate surface area is 109 Å². The van der Waals surface area contributed by atoms with Crippen LogP contribution in [-0.4, -0.2) is 14.8 Å². The Balaban J connectivity index is 2.40. The molecule has 0 aliphatic rings. The predicted molar refractivity (Wildman–Crippen MR) is 68.9 cm³/mol. The Morgan fingerprint density at radius 1 is 1.39 bits per heavy atom. The van der Waals surface area contributed by atoms with Gasteiger partial charge in [0.25, 0.3) is 0 Å². The molecule has 0 saturated carbocycles. The average Bonchev–Trinajstić information content (AvgIpc) is 2.60. The Hall–Kier alpha value is -1.40. The fourth-order valence-electron chi connectivity index (χ4n) is 1.62. The molecule has 0 spiro atoms. The summed E-state index contributed by atoms with van der Waals surface area (Å²) in [6, 6.07) is 4.58. The van der Waals surface area contributed by atoms with E-state index in [2.05, 4.69) is 10.2 Å². The SMILES string of the molecule is Cc1nnc(Sc2cccc(F)c2[C@H](C)N)n1C. The minimum absolute atomic E-state index is 0.283. The molecule has 0 bridgehead atoms. The van der Waals surface area contributed by atoms with Gasteiger partial charge in [-0.25, -0.2) is 4.39 Å². The topological polar surface area (TPSA) is 56.7 Å². The number of aromatic nitrogens is 3. The van der Waals surface area contributed by atoms with E-state index in [4.69, 9.17) is 5.73 Å². The van der Waals surface area contributed by atoms with Crippen molar-refractivity contribution >= 4 is 11.8 Å². The van der Waals surface area contributed by atoms with Crippen molar-refractivity contribution in [1.82, 2.24) is 14.8 Å². The molecule has 0 saturated heterocycles. The highest BCUT2D eigenvalue weighted by Gasteiger charge is 2.15. The molecule has 0 unspecified atom stereocenters. The number of rotatable bonds is 3. The third-order valence-electron chi connectivity index (χ3n) is 2.72. The van der Waals surface area contributed by atoms with Crippen LogP contribution in [0, 0.1) is 12.7 Å². The Kier molecular flexibility index (Phi) is 3.68. The van der Waals surface area contributed by atoms with Crippen molar-refractivity contribution in [2.75, 3.05) is 0 Å². The molecule has 1 heterocycles. The molecule has 6 heteroatoms. The molecule has 0 aliphatic carbocycles. The molecule has 1 aromatic heterocycles. The zero-order valence-corrected chi connectivity index (χ0v) is 11.3. The molecule has 4 nitrogen and oxygen atoms in total. The standard InChI is InChI=1S/C12H15FN4S/c1-7(14)11-9(13)5-4-6-10(11)18-12-16-15-8(2)17(12)3/h4-7H,14H2,1-3H3/t7-/m0/s1. The molecule has 1 atom stereocenters. The number of nitrogens with zero attached hydrogens (tertiary/aromatic N) is 3. The van der Waals surface area contributed by atoms with E-state index in [1.54, 1.807) is 13.0 Å². The molecule has 2 N–H and O–H groups in total. The van der Waals surface area contributed by atoms with Crippen molar-refractivity contribution in [3.8, 4) is 0 Å². The van der Waals surface area contributed by atoms with E-state index in [1.807, 2.05) is 24.6 Å². The van der Waals surface area contributed by atoms with Crippen LogP contribution in [0.5, 0.6) is 0 Å². The minimum atomic E-state index is -0.358. The second kappa shape index (κ2) is 5.07. The van der Waals surface area contributed by atoms with Gasteiger partial charge in [-0.15, -0.1) is 10.2 Å². The van der Waals surface area contributed by atoms with Crippen LogP contribution in [0.3, 0.4) is 0 Å². The van der Waals surface area contributed by atoms with Crippen LogP contribution in [0.1, 0.15) is 24.4 Å². The van der Waals surface area contributed by atoms with E-state index >= 15 is 0 Å². The molecule has 18 heavy (non-hydrogen) atoms. The minimum Gasteiger partial charge on any atom is -0.324 e. The van der Waals surface area contributed by atoms with Crippen LogP contribution in [0.2, 0.25) is 0 Å². The molecule has 0 fully saturated rings. The smallest absolute Gasteiger partial charge is 0.195 e. The lowest BCUT2D eigenvalue weighted by molar-refractivity contribution is 0.585. The molecule has 0 aliphatic heterocycles. The van der Waals surface area contributed by atoms with Crippen molar-refractivity contribution in [1.29, 1.82) is 0 Å². The number of hydrogen-bond acceptors (Lipinski definition) is 4. The van der Waals surface area contributed by atoms with E-state index < -0.39 is 0 Å². The average molecular weight is 266 g/mol. The fourth-order valence-corrected chi connectivity index (χ4v) is 2.71. The highest BCUT2D eigenvalue weighted by molar-refractivity contribution is 7.99. The maximum Gasteiger partial charge on any atom is 0.195 e. The maximum absolute atomic E-state index is 13.8. The van der Waals surface area contributed by atoms with Gasteiger partial charge in [0.2, 0.25) is 0 Å². The predicted octanol–water partition coefficient (Wildman–Crippen LogP) is 2.43. The van der Waals surface area contributed by atoms with Crippen molar-refractivity contribution in [2.24, 2.45) is 12.8 Å². The Morgan fingerprint density at radius 2 is 2.11 bits per heavy atom. The van der Waals surface area contributed by atoms with Gasteiger partial charge in [-0.2, -0.15) is 0 Å². The lowest BCUT2D eigenvalue weighted by Gasteiger charge is -2.12. The van der Waals surface area contributed by atoms with E-state index in [-0.39, 0.29) is 11.9 Å². The van der Waals surface area contributed by atoms with Gasteiger partial charge in [0, 0.05) is 23.5 Å². The molecule has 1 aromatic carbocycles. The number of benzene rings is 1. The third kappa shape index (κ3) is 2.39. The van der Waals surface area contributed by atoms with E-state index in [1.165, 1.54) is 17.8 Å². The molecule has 0 radical (unpaired) electrons. The largest absolute Gasteiger partial charge is 0.324 e. The summed E-state index contributed by atoms with van der Waals surface area (Å²) in [5.74, 6) is 0.533. The van der Waals surface area contributed by atoms with Crippen molar-refractivity contribution in [3.63, 3.8) is 0 Å². The van der Waals surface area contributed by atoms with Crippen LogP contribution >= 0.6 is 11.8 Å². The van der Waals surface area contributed by atoms with Gasteiger partial charge in [0.05, 0.1) is 0 Å². The van der Waals surface area contributed by atoms with Gasteiger partial charge in [0.15, 0.2) is 5.16 Å². The van der Waals surface area contributed by atoms with Gasteiger partial charge in [-0.1, -0.05) is 6.07 Å². The molecule has 0 amide bonds. The first-order chi connectivity index (χ1) is 8.50. The first-order valence-electron chi connectivity index (χ1n) is 5.58. The first-order valence-corrected chi connectivity index (χ1v) is 6.40. The van der Waals surface area contributed by atoms with E-state index in [0.717, 1.165) is 15.9 Å². The zero-order chi connectivity index (χ0) is 13.3. The maximum atomic E-state index is 13.8. The summed E-state index contributed by atoms with van der Waals surface area (Å²) in [5, 5.41) is 8.75. The van der Waals surface area contributed by atoms with Crippen molar-refractivity contribution < 1.29 is 4.39 Å². The van der Waals surface area contributed by atoms with Gasteiger partial charge in [-0.05, 0) is 37.7 Å². The van der Waals surface area contributed by atoms with Gasteiger partial charge >= 0.3 is 0 Å². The lowest BCUT2D eigenvalue weighted by atomic mass is 10.1. The van der Waals surface area contributed by atoms with Gasteiger partial charge in [0.1, 0.15) is 11.6 Å². The van der Waals surface area contributed by atoms with Crippen LogP contribution in [0.4, 0.5) is 4.39 Å². The lowest BCUT2D eigenvalue weighted by Crippen LogP contribution is -2.09. The summed E-state index contributed by atoms with van der Waals surface area (Å²) in [5.41, 5.74) is 6.33. The van der Waals surface area contributed by atoms with E-state index in [0.29, 0.717) is 5.56 Å². The van der Waals surface area contributed by atoms with E-state index in [9.17, 15) is 4.39 Å². The number of nitrogens with two attached hydrogens (primary N) is 1. The summed E-state index contributed by atoms with van der Waals surface area (Å²) in [6.45, 7) is 3.64. The van der Waals surface area contributed by atoms with Crippen molar-refractivity contribution in [2.45, 2.75) is 29.9 Å². The molecular formula is C12H15FN4S. The normalized spacial score (nSPS) is 12.7. The second-order valence-electron chi connectivity index (χ2n) is 4.13. The number of aryl methyl sites for hydroxylation is 1. The number of hydrogen-bond donors (Lipinski definition) is 1. The Bertz CT molecular complexity index is 565.